The van der Waals surface area contributed by atoms with E-state index >= 15 is 0 Å². The number of benzene rings is 1. The topological polar surface area (TPSA) is 120 Å². The van der Waals surface area contributed by atoms with Crippen molar-refractivity contribution in [3.8, 4) is 5.69 Å². The number of nitrogens with two attached hydrogens (primary N) is 1. The predicted octanol–water partition coefficient (Wildman–Crippen LogP) is 2.95. The molecule has 1 aromatic heterocycles. The first-order valence-corrected chi connectivity index (χ1v) is 9.40. The number of halogens is 5. The van der Waals surface area contributed by atoms with E-state index in [1.54, 1.807) is 0 Å². The average Bonchev–Trinajstić information content (AvgIpc) is 2.86. The van der Waals surface area contributed by atoms with Gasteiger partial charge in [0.25, 0.3) is 0 Å². The van der Waals surface area contributed by atoms with E-state index in [2.05, 4.69) is 15.1 Å². The molecule has 0 aliphatic heterocycles. The number of anilines is 1. The number of nitrogens with zero attached hydrogens (tertiary/aromatic N) is 3. The highest BCUT2D eigenvalue weighted by Crippen LogP contribution is 2.38. The third-order valence-corrected chi connectivity index (χ3v) is 4.75. The molecule has 28 heavy (non-hydrogen) atoms. The average molecular weight is 459 g/mol. The van der Waals surface area contributed by atoms with Gasteiger partial charge >= 0.3 is 12.1 Å². The number of nitrogen functional groups attached to an aromatic ring is 1. The van der Waals surface area contributed by atoms with Crippen molar-refractivity contribution in [1.82, 2.24) is 9.78 Å². The summed E-state index contributed by atoms with van der Waals surface area (Å²) < 4.78 is 51.6. The highest BCUT2D eigenvalue weighted by molar-refractivity contribution is 7.84. The Morgan fingerprint density at radius 3 is 2.46 bits per heavy atom. The first kappa shape index (κ1) is 22.0. The van der Waals surface area contributed by atoms with Crippen LogP contribution in [-0.4, -0.2) is 44.1 Å². The Morgan fingerprint density at radius 2 is 2.00 bits per heavy atom. The van der Waals surface area contributed by atoms with Crippen LogP contribution in [0.5, 0.6) is 0 Å². The van der Waals surface area contributed by atoms with Crippen LogP contribution in [0, 0.1) is 0 Å². The summed E-state index contributed by atoms with van der Waals surface area (Å²) in [5, 5.41) is 15.1. The molecule has 3 N–H and O–H groups in total. The lowest BCUT2D eigenvalue weighted by molar-refractivity contribution is -0.142. The minimum Gasteiger partial charge on any atom is -0.479 e. The second-order valence-corrected chi connectivity index (χ2v) is 7.28. The summed E-state index contributed by atoms with van der Waals surface area (Å²) in [7, 11) is -1.69. The van der Waals surface area contributed by atoms with E-state index in [-0.39, 0.29) is 22.1 Å². The number of rotatable bonds is 6. The van der Waals surface area contributed by atoms with Gasteiger partial charge in [0.15, 0.2) is 0 Å². The Kier molecular flexibility index (Phi) is 6.57. The number of carboxylic acid groups (broad SMARTS) is 1. The number of alkyl halides is 3. The Hall–Kier alpha value is -2.31. The summed E-state index contributed by atoms with van der Waals surface area (Å²) in [5.41, 5.74) is 4.62. The number of hydrogen-bond donors (Lipinski definition) is 2. The second-order valence-electron chi connectivity index (χ2n) is 5.15. The summed E-state index contributed by atoms with van der Waals surface area (Å²) in [4.78, 5) is 14.9. The number of aliphatic carboxylic acids is 1. The predicted molar refractivity (Wildman–Crippen MR) is 96.5 cm³/mol. The van der Waals surface area contributed by atoms with Gasteiger partial charge in [-0.15, -0.1) is 0 Å². The molecule has 1 aromatic carbocycles. The maximum atomic E-state index is 12.9. The first-order valence-electron chi connectivity index (χ1n) is 7.09. The minimum atomic E-state index is -4.67. The van der Waals surface area contributed by atoms with Crippen LogP contribution < -0.4 is 5.73 Å². The zero-order chi connectivity index (χ0) is 21.2. The van der Waals surface area contributed by atoms with E-state index < -0.39 is 45.2 Å². The Labute approximate surface area is 168 Å². The van der Waals surface area contributed by atoms with Gasteiger partial charge in [-0.1, -0.05) is 28.4 Å². The first-order chi connectivity index (χ1) is 12.9. The zero-order valence-corrected chi connectivity index (χ0v) is 16.2. The molecule has 0 saturated heterocycles. The second kappa shape index (κ2) is 8.37. The fourth-order valence-corrected chi connectivity index (χ4v) is 3.51. The van der Waals surface area contributed by atoms with Crippen LogP contribution in [0.1, 0.15) is 11.3 Å². The van der Waals surface area contributed by atoms with E-state index in [0.717, 1.165) is 10.9 Å². The summed E-state index contributed by atoms with van der Waals surface area (Å²) in [6.07, 6.45) is -2.43. The lowest BCUT2D eigenvalue weighted by Gasteiger charge is -2.13. The molecule has 0 spiro atoms. The highest BCUT2D eigenvalue weighted by atomic mass is 35.5. The molecule has 0 radical (unpaired) electrons. The van der Waals surface area contributed by atoms with Crippen molar-refractivity contribution in [2.45, 2.75) is 11.1 Å². The van der Waals surface area contributed by atoms with Crippen LogP contribution in [0.3, 0.4) is 0 Å². The van der Waals surface area contributed by atoms with Crippen LogP contribution in [-0.2, 0) is 26.6 Å². The highest BCUT2D eigenvalue weighted by Gasteiger charge is 2.33. The van der Waals surface area contributed by atoms with Crippen LogP contribution in [0.4, 0.5) is 19.0 Å². The van der Waals surface area contributed by atoms with Crippen molar-refractivity contribution in [3.05, 3.63) is 33.4 Å². The number of carbonyl (C=O) groups is 1. The van der Waals surface area contributed by atoms with Gasteiger partial charge in [-0.25, -0.2) is 9.48 Å². The number of carboxylic acids is 1. The molecule has 1 atom stereocenters. The molecule has 8 nitrogen and oxygen atoms in total. The Morgan fingerprint density at radius 1 is 1.43 bits per heavy atom. The van der Waals surface area contributed by atoms with Crippen molar-refractivity contribution in [3.63, 3.8) is 0 Å². The van der Waals surface area contributed by atoms with Crippen LogP contribution >= 0.6 is 23.2 Å². The van der Waals surface area contributed by atoms with Gasteiger partial charge in [0.05, 0.1) is 32.6 Å². The van der Waals surface area contributed by atoms with E-state index in [0.29, 0.717) is 12.1 Å². The normalized spacial score (nSPS) is 13.1. The van der Waals surface area contributed by atoms with Crippen LogP contribution in [0.2, 0.25) is 10.0 Å². The number of hydrogen-bond acceptors (Lipinski definition) is 6. The van der Waals surface area contributed by atoms with Crippen molar-refractivity contribution in [1.29, 1.82) is 0 Å². The maximum absolute atomic E-state index is 12.9. The Bertz CT molecular complexity index is 955. The molecular formula is C14H11Cl2F3N4O4S. The molecule has 0 amide bonds. The lowest BCUT2D eigenvalue weighted by Crippen LogP contribution is -2.09. The van der Waals surface area contributed by atoms with Crippen molar-refractivity contribution < 1.29 is 32.1 Å². The zero-order valence-electron chi connectivity index (χ0n) is 13.8. The van der Waals surface area contributed by atoms with Gasteiger partial charge in [-0.05, 0) is 12.1 Å². The third kappa shape index (κ3) is 4.75. The van der Waals surface area contributed by atoms with Gasteiger partial charge in [0.2, 0.25) is 6.61 Å². The van der Waals surface area contributed by atoms with Crippen LogP contribution in [0.25, 0.3) is 5.69 Å². The fourth-order valence-electron chi connectivity index (χ4n) is 2.10. The molecule has 152 valence electrons. The van der Waals surface area contributed by atoms with Gasteiger partial charge in [-0.2, -0.15) is 18.3 Å². The SMILES string of the molecule is CS(=O)c1c(C=NOCC(=O)O)nn(-c2c(Cl)cc(C(F)(F)F)cc2Cl)c1N. The monoisotopic (exact) mass is 458 g/mol. The third-order valence-electron chi connectivity index (χ3n) is 3.18. The summed E-state index contributed by atoms with van der Waals surface area (Å²) in [6.45, 7) is -0.728. The molecule has 2 rings (SSSR count). The van der Waals surface area contributed by atoms with Crippen molar-refractivity contribution in [2.24, 2.45) is 5.16 Å². The lowest BCUT2D eigenvalue weighted by atomic mass is 10.2. The molecule has 2 aromatic rings. The van der Waals surface area contributed by atoms with Crippen molar-refractivity contribution >= 4 is 52.0 Å². The molecule has 14 heteroatoms. The van der Waals surface area contributed by atoms with Gasteiger partial charge in [0, 0.05) is 6.26 Å². The molecule has 0 aliphatic carbocycles. The van der Waals surface area contributed by atoms with Gasteiger partial charge in [0.1, 0.15) is 22.1 Å². The number of oxime groups is 1. The molecule has 0 aliphatic rings. The van der Waals surface area contributed by atoms with E-state index in [1.165, 1.54) is 6.26 Å². The number of aromatic nitrogens is 2. The summed E-state index contributed by atoms with van der Waals surface area (Å²) in [6, 6.07) is 1.30. The summed E-state index contributed by atoms with van der Waals surface area (Å²) >= 11 is 11.9. The largest absolute Gasteiger partial charge is 0.479 e. The van der Waals surface area contributed by atoms with Gasteiger partial charge in [-0.3, -0.25) is 4.21 Å². The summed E-state index contributed by atoms with van der Waals surface area (Å²) in [5.74, 6) is -1.48. The van der Waals surface area contributed by atoms with Crippen molar-refractivity contribution in [2.75, 3.05) is 18.6 Å². The minimum absolute atomic E-state index is 0.0188. The Balaban J connectivity index is 2.57. The quantitative estimate of drug-likeness (QED) is 0.507. The fraction of sp³-hybridized carbons (Fsp3) is 0.214. The smallest absolute Gasteiger partial charge is 0.416 e. The molecule has 1 heterocycles. The molecule has 1 unspecified atom stereocenters. The molecule has 0 fully saturated rings. The van der Waals surface area contributed by atoms with E-state index in [1.807, 2.05) is 0 Å². The van der Waals surface area contributed by atoms with E-state index in [4.69, 9.17) is 34.0 Å². The molecular weight excluding hydrogens is 448 g/mol. The van der Waals surface area contributed by atoms with Gasteiger partial charge < -0.3 is 15.7 Å². The molecule has 0 bridgehead atoms. The molecule has 0 saturated carbocycles. The van der Waals surface area contributed by atoms with Crippen LogP contribution in [0.15, 0.2) is 22.2 Å². The standard InChI is InChI=1S/C14H11Cl2F3N4O4S/c1-28(26)12-9(4-21-27-5-10(24)25)22-23(13(12)20)11-7(15)2-6(3-8(11)16)14(17,18)19/h2-4H,5,20H2,1H3,(H,24,25). The maximum Gasteiger partial charge on any atom is 0.416 e. The van der Waals surface area contributed by atoms with E-state index in [9.17, 15) is 22.2 Å².